The number of hydrogen-bond donors (Lipinski definition) is 0. The lowest BCUT2D eigenvalue weighted by Crippen LogP contribution is -2.35. The smallest absolute Gasteiger partial charge is 0.406 e. The van der Waals surface area contributed by atoms with Gasteiger partial charge in [-0.3, -0.25) is 0 Å². The Balaban J connectivity index is 1.24. The molecule has 2 amide bonds. The summed E-state index contributed by atoms with van der Waals surface area (Å²) in [6.45, 7) is 6.83. The second kappa shape index (κ2) is 13.0. The van der Waals surface area contributed by atoms with Crippen LogP contribution in [0.1, 0.15) is 34.8 Å². The van der Waals surface area contributed by atoms with Gasteiger partial charge >= 0.3 is 12.4 Å². The third-order valence-corrected chi connectivity index (χ3v) is 7.78. The number of aryl methyl sites for hydroxylation is 3. The maximum absolute atomic E-state index is 15.0. The maximum Gasteiger partial charge on any atom is 0.573 e. The number of carbonyl (C=O) groups excluding carboxylic acids is 1. The van der Waals surface area contributed by atoms with Crippen molar-refractivity contribution in [3.8, 4) is 22.8 Å². The van der Waals surface area contributed by atoms with Gasteiger partial charge in [0.05, 0.1) is 5.69 Å². The van der Waals surface area contributed by atoms with Gasteiger partial charge in [0.1, 0.15) is 12.1 Å². The largest absolute Gasteiger partial charge is 0.573 e. The Kier molecular flexibility index (Phi) is 9.14. The summed E-state index contributed by atoms with van der Waals surface area (Å²) < 4.78 is 57.4. The van der Waals surface area contributed by atoms with Crippen LogP contribution in [0, 0.1) is 20.8 Å². The number of aliphatic imine (C=N–C) groups is 2. The number of amides is 2. The van der Waals surface area contributed by atoms with E-state index < -0.39 is 18.6 Å². The van der Waals surface area contributed by atoms with Crippen molar-refractivity contribution in [1.29, 1.82) is 0 Å². The van der Waals surface area contributed by atoms with Crippen LogP contribution in [-0.2, 0) is 0 Å². The van der Waals surface area contributed by atoms with Gasteiger partial charge in [-0.2, -0.15) is 4.99 Å². The highest BCUT2D eigenvalue weighted by molar-refractivity contribution is 8.14. The van der Waals surface area contributed by atoms with Crippen LogP contribution in [-0.4, -0.2) is 50.8 Å². The van der Waals surface area contributed by atoms with Gasteiger partial charge in [0, 0.05) is 29.8 Å². The van der Waals surface area contributed by atoms with Crippen LogP contribution < -0.4 is 9.64 Å². The monoisotopic (exact) mass is 624 g/mol. The molecule has 1 fully saturated rings. The molecule has 3 aromatic carbocycles. The number of hydrogen-bond acceptors (Lipinski definition) is 5. The van der Waals surface area contributed by atoms with Gasteiger partial charge in [-0.05, 0) is 68.1 Å². The molecule has 0 bridgehead atoms. The first kappa shape index (κ1) is 30.9. The van der Waals surface area contributed by atoms with E-state index in [1.807, 2.05) is 25.7 Å². The molecule has 1 aliphatic rings. The quantitative estimate of drug-likeness (QED) is 0.160. The zero-order valence-corrected chi connectivity index (χ0v) is 24.9. The van der Waals surface area contributed by atoms with E-state index >= 15 is 0 Å². The van der Waals surface area contributed by atoms with E-state index in [2.05, 4.69) is 36.9 Å². The Labute approximate surface area is 255 Å². The molecule has 0 radical (unpaired) electrons. The highest BCUT2D eigenvalue weighted by Gasteiger charge is 2.31. The number of ether oxygens (including phenoxy) is 1. The molecule has 1 aromatic heterocycles. The average Bonchev–Trinajstić information content (AvgIpc) is 3.46. The molecule has 13 heteroatoms. The molecule has 0 N–H and O–H groups in total. The average molecular weight is 625 g/mol. The van der Waals surface area contributed by atoms with E-state index in [0.29, 0.717) is 22.2 Å². The number of nitrogens with zero attached hydrogens (tertiary/aromatic N) is 6. The fraction of sp³-hybridized carbons (Fsp3) is 0.258. The van der Waals surface area contributed by atoms with E-state index in [1.165, 1.54) is 59.2 Å². The van der Waals surface area contributed by atoms with Gasteiger partial charge in [-0.1, -0.05) is 53.7 Å². The summed E-state index contributed by atoms with van der Waals surface area (Å²) >= 11 is 1.48. The second-order valence-electron chi connectivity index (χ2n) is 10.1. The van der Waals surface area contributed by atoms with E-state index in [-0.39, 0.29) is 11.3 Å². The van der Waals surface area contributed by atoms with Crippen LogP contribution >= 0.6 is 11.8 Å². The molecule has 2 heterocycles. The fourth-order valence-corrected chi connectivity index (χ4v) is 5.86. The minimum atomic E-state index is -4.78. The number of alkyl halides is 4. The Bertz CT molecular complexity index is 1680. The lowest BCUT2D eigenvalue weighted by molar-refractivity contribution is -0.274. The highest BCUT2D eigenvalue weighted by atomic mass is 32.2. The molecule has 8 nitrogen and oxygen atoms in total. The number of rotatable bonds is 6. The Morgan fingerprint density at radius 3 is 2.39 bits per heavy atom. The second-order valence-corrected chi connectivity index (χ2v) is 11.2. The predicted octanol–water partition coefficient (Wildman–Crippen LogP) is 7.96. The van der Waals surface area contributed by atoms with Crippen LogP contribution in [0.2, 0.25) is 0 Å². The van der Waals surface area contributed by atoms with Gasteiger partial charge in [0.15, 0.2) is 17.2 Å². The van der Waals surface area contributed by atoms with Crippen molar-refractivity contribution >= 4 is 34.9 Å². The number of thioether (sulfide) groups is 1. The lowest BCUT2D eigenvalue weighted by atomic mass is 10.0. The van der Waals surface area contributed by atoms with Crippen molar-refractivity contribution < 1.29 is 27.1 Å². The van der Waals surface area contributed by atoms with Crippen molar-refractivity contribution in [2.45, 2.75) is 39.7 Å². The van der Waals surface area contributed by atoms with Gasteiger partial charge in [0.2, 0.25) is 0 Å². The van der Waals surface area contributed by atoms with Crippen LogP contribution in [0.3, 0.4) is 0 Å². The molecule has 0 aliphatic carbocycles. The van der Waals surface area contributed by atoms with Crippen molar-refractivity contribution in [2.24, 2.45) is 9.98 Å². The van der Waals surface area contributed by atoms with E-state index in [0.717, 1.165) is 47.3 Å². The first-order valence-electron chi connectivity index (χ1n) is 13.6. The molecule has 1 aliphatic heterocycles. The SMILES string of the molecule is Cc1cc(C)c(N2CCCSC2=NC(=O)N=CC(F)c2ccc(-c3ncn(-c4ccc(OC(F)(F)F)cc4)n3)cc2)c(C)c1. The summed E-state index contributed by atoms with van der Waals surface area (Å²) in [5.41, 5.74) is 5.71. The third kappa shape index (κ3) is 7.51. The summed E-state index contributed by atoms with van der Waals surface area (Å²) in [5.74, 6) is 0.804. The Morgan fingerprint density at radius 1 is 1.05 bits per heavy atom. The van der Waals surface area contributed by atoms with Gasteiger partial charge in [0.25, 0.3) is 0 Å². The summed E-state index contributed by atoms with van der Waals surface area (Å²) in [4.78, 5) is 26.8. The van der Waals surface area contributed by atoms with E-state index in [9.17, 15) is 22.4 Å². The van der Waals surface area contributed by atoms with Crippen molar-refractivity contribution in [1.82, 2.24) is 14.8 Å². The number of amidine groups is 1. The fourth-order valence-electron chi connectivity index (χ4n) is 4.92. The third-order valence-electron chi connectivity index (χ3n) is 6.71. The first-order chi connectivity index (χ1) is 21.0. The number of carbonyl (C=O) groups is 1. The molecule has 44 heavy (non-hydrogen) atoms. The summed E-state index contributed by atoms with van der Waals surface area (Å²) in [7, 11) is 0. The molecule has 1 unspecified atom stereocenters. The minimum Gasteiger partial charge on any atom is -0.406 e. The number of anilines is 1. The number of benzene rings is 3. The van der Waals surface area contributed by atoms with Crippen LogP contribution in [0.4, 0.5) is 28.0 Å². The standard InChI is InChI=1S/C31H28F4N6O2S/c1-19-15-20(2)27(21(3)16-19)40-13-4-14-44-30(40)38-29(42)36-17-26(32)22-5-7-23(8-6-22)28-37-18-41(39-28)24-9-11-25(12-10-24)43-31(33,34)35/h5-12,15-18,26H,4,13-14H2,1-3H3. The molecule has 0 saturated carbocycles. The molecular weight excluding hydrogens is 596 g/mol. The topological polar surface area (TPSA) is 85.0 Å². The molecular formula is C31H28F4N6O2S. The molecule has 4 aromatic rings. The van der Waals surface area contributed by atoms with Crippen molar-refractivity contribution in [2.75, 3.05) is 17.2 Å². The van der Waals surface area contributed by atoms with Crippen molar-refractivity contribution in [3.05, 3.63) is 89.2 Å². The number of halogens is 4. The van der Waals surface area contributed by atoms with E-state index in [1.54, 1.807) is 12.1 Å². The Hall–Kier alpha value is -4.52. The number of aromatic nitrogens is 3. The Morgan fingerprint density at radius 2 is 1.73 bits per heavy atom. The van der Waals surface area contributed by atoms with Crippen LogP contribution in [0.25, 0.3) is 17.1 Å². The highest BCUT2D eigenvalue weighted by Crippen LogP contribution is 2.32. The van der Waals surface area contributed by atoms with E-state index in [4.69, 9.17) is 0 Å². The van der Waals surface area contributed by atoms with Gasteiger partial charge in [-0.15, -0.1) is 18.3 Å². The first-order valence-corrected chi connectivity index (χ1v) is 14.6. The zero-order valence-electron chi connectivity index (χ0n) is 24.0. The minimum absolute atomic E-state index is 0.275. The number of urea groups is 1. The van der Waals surface area contributed by atoms with Gasteiger partial charge in [-0.25, -0.2) is 23.8 Å². The maximum atomic E-state index is 15.0. The molecule has 228 valence electrons. The summed E-state index contributed by atoms with van der Waals surface area (Å²) in [5, 5.41) is 4.89. The van der Waals surface area contributed by atoms with Crippen molar-refractivity contribution in [3.63, 3.8) is 0 Å². The zero-order chi connectivity index (χ0) is 31.4. The molecule has 1 saturated heterocycles. The molecule has 0 spiro atoms. The molecule has 5 rings (SSSR count). The lowest BCUT2D eigenvalue weighted by Gasteiger charge is -2.32. The normalized spacial score (nSPS) is 15.6. The molecule has 1 atom stereocenters. The van der Waals surface area contributed by atoms with Gasteiger partial charge < -0.3 is 9.64 Å². The predicted molar refractivity (Wildman–Crippen MR) is 164 cm³/mol. The summed E-state index contributed by atoms with van der Waals surface area (Å²) in [6.07, 6.45) is -3.14. The van der Waals surface area contributed by atoms with Crippen LogP contribution in [0.15, 0.2) is 77.0 Å². The summed E-state index contributed by atoms with van der Waals surface area (Å²) in [6, 6.07) is 14.9. The van der Waals surface area contributed by atoms with Crippen LogP contribution in [0.5, 0.6) is 5.75 Å².